The van der Waals surface area contributed by atoms with Gasteiger partial charge in [0.1, 0.15) is 17.7 Å². The molecule has 0 aliphatic rings. The van der Waals surface area contributed by atoms with Crippen molar-refractivity contribution in [3.63, 3.8) is 0 Å². The normalized spacial score (nSPS) is 11.1. The minimum Gasteiger partial charge on any atom is -0.386 e. The fraction of sp³-hybridized carbons (Fsp3) is 0.300. The highest BCUT2D eigenvalue weighted by molar-refractivity contribution is 5.37. The van der Waals surface area contributed by atoms with Crippen LogP contribution in [-0.4, -0.2) is 5.11 Å². The molecule has 0 bridgehead atoms. The van der Waals surface area contributed by atoms with Crippen LogP contribution in [0.1, 0.15) is 25.0 Å². The molecule has 0 amide bonds. The molecule has 0 atom stereocenters. The quantitative estimate of drug-likeness (QED) is 0.748. The van der Waals surface area contributed by atoms with Crippen LogP contribution in [0.4, 0.5) is 8.78 Å². The molecule has 1 rings (SSSR count). The summed E-state index contributed by atoms with van der Waals surface area (Å²) >= 11 is 0. The highest BCUT2D eigenvalue weighted by Gasteiger charge is 2.22. The Bertz CT molecular complexity index is 402. The van der Waals surface area contributed by atoms with Crippen LogP contribution < -0.4 is 0 Å². The van der Waals surface area contributed by atoms with Crippen molar-refractivity contribution >= 4 is 0 Å². The van der Waals surface area contributed by atoms with Gasteiger partial charge in [-0.05, 0) is 19.9 Å². The first-order chi connectivity index (χ1) is 6.36. The maximum atomic E-state index is 13.2. The number of hydrogen-bond donors (Lipinski definition) is 1. The highest BCUT2D eigenvalue weighted by atomic mass is 19.1. The zero-order valence-corrected chi connectivity index (χ0v) is 7.81. The number of halogens is 2. The smallest absolute Gasteiger partial charge is 0.143 e. The van der Waals surface area contributed by atoms with E-state index in [1.807, 2.05) is 0 Å². The van der Waals surface area contributed by atoms with E-state index in [1.165, 1.54) is 13.8 Å². The van der Waals surface area contributed by atoms with E-state index in [2.05, 4.69) is 0 Å². The summed E-state index contributed by atoms with van der Waals surface area (Å²) in [5, 5.41) is 18.0. The second-order valence-corrected chi connectivity index (χ2v) is 3.48. The van der Waals surface area contributed by atoms with Crippen LogP contribution in [0.5, 0.6) is 0 Å². The summed E-state index contributed by atoms with van der Waals surface area (Å²) in [4.78, 5) is 0. The van der Waals surface area contributed by atoms with Gasteiger partial charge >= 0.3 is 0 Å². The molecule has 0 aliphatic heterocycles. The van der Waals surface area contributed by atoms with Crippen molar-refractivity contribution < 1.29 is 13.9 Å². The molecule has 0 radical (unpaired) electrons. The second-order valence-electron chi connectivity index (χ2n) is 3.48. The van der Waals surface area contributed by atoms with Crippen molar-refractivity contribution in [1.82, 2.24) is 0 Å². The van der Waals surface area contributed by atoms with Crippen LogP contribution in [0.25, 0.3) is 0 Å². The Morgan fingerprint density at radius 2 is 1.86 bits per heavy atom. The molecule has 1 N–H and O–H groups in total. The molecule has 0 heterocycles. The summed E-state index contributed by atoms with van der Waals surface area (Å²) in [6.45, 7) is 2.73. The maximum absolute atomic E-state index is 13.2. The van der Waals surface area contributed by atoms with Gasteiger partial charge in [-0.1, -0.05) is 0 Å². The third kappa shape index (κ3) is 1.88. The number of benzene rings is 1. The molecule has 2 nitrogen and oxygen atoms in total. The highest BCUT2D eigenvalue weighted by Crippen LogP contribution is 2.25. The molecule has 0 aliphatic carbocycles. The fourth-order valence-electron chi connectivity index (χ4n) is 1.10. The van der Waals surface area contributed by atoms with E-state index in [0.29, 0.717) is 6.07 Å². The van der Waals surface area contributed by atoms with Gasteiger partial charge in [0.2, 0.25) is 0 Å². The SMILES string of the molecule is CC(C)(O)c1cc(C#N)c(F)cc1F. The summed E-state index contributed by atoms with van der Waals surface area (Å²) in [5.74, 6) is -1.77. The molecule has 1 aromatic rings. The Kier molecular flexibility index (Phi) is 2.54. The molecular weight excluding hydrogens is 188 g/mol. The largest absolute Gasteiger partial charge is 0.386 e. The Morgan fingerprint density at radius 1 is 1.29 bits per heavy atom. The van der Waals surface area contributed by atoms with Gasteiger partial charge < -0.3 is 5.11 Å². The van der Waals surface area contributed by atoms with Crippen LogP contribution >= 0.6 is 0 Å². The molecule has 0 spiro atoms. The Hall–Kier alpha value is -1.47. The average Bonchev–Trinajstić information content (AvgIpc) is 2.02. The number of nitriles is 1. The van der Waals surface area contributed by atoms with Gasteiger partial charge in [-0.2, -0.15) is 5.26 Å². The van der Waals surface area contributed by atoms with Gasteiger partial charge in [-0.25, -0.2) is 8.78 Å². The molecule has 74 valence electrons. The number of rotatable bonds is 1. The van der Waals surface area contributed by atoms with E-state index >= 15 is 0 Å². The minimum absolute atomic E-state index is 0.0875. The van der Waals surface area contributed by atoms with E-state index < -0.39 is 17.2 Å². The maximum Gasteiger partial charge on any atom is 0.143 e. The van der Waals surface area contributed by atoms with E-state index in [1.54, 1.807) is 6.07 Å². The summed E-state index contributed by atoms with van der Waals surface area (Å²) in [6.07, 6.45) is 0. The van der Waals surface area contributed by atoms with E-state index in [0.717, 1.165) is 6.07 Å². The Balaban J connectivity index is 3.41. The van der Waals surface area contributed by atoms with Crippen molar-refractivity contribution in [2.75, 3.05) is 0 Å². The number of hydrogen-bond acceptors (Lipinski definition) is 2. The van der Waals surface area contributed by atoms with Crippen molar-refractivity contribution in [2.45, 2.75) is 19.4 Å². The standard InChI is InChI=1S/C10H9F2NO/c1-10(2,14)7-3-6(5-13)8(11)4-9(7)12/h3-4,14H,1-2H3. The second kappa shape index (κ2) is 3.35. The zero-order valence-electron chi connectivity index (χ0n) is 7.81. The molecule has 1 aromatic carbocycles. The van der Waals surface area contributed by atoms with Crippen LogP contribution in [0.3, 0.4) is 0 Å². The molecule has 0 saturated carbocycles. The van der Waals surface area contributed by atoms with E-state index in [-0.39, 0.29) is 11.1 Å². The van der Waals surface area contributed by atoms with Crippen molar-refractivity contribution in [1.29, 1.82) is 5.26 Å². The third-order valence-electron chi connectivity index (χ3n) is 1.84. The Morgan fingerprint density at radius 3 is 2.29 bits per heavy atom. The molecule has 0 fully saturated rings. The van der Waals surface area contributed by atoms with E-state index in [9.17, 15) is 13.9 Å². The number of nitrogens with zero attached hydrogens (tertiary/aromatic N) is 1. The van der Waals surface area contributed by atoms with Gasteiger partial charge in [-0.15, -0.1) is 0 Å². The molecular formula is C10H9F2NO. The molecule has 0 unspecified atom stereocenters. The third-order valence-corrected chi connectivity index (χ3v) is 1.84. The zero-order chi connectivity index (χ0) is 10.9. The lowest BCUT2D eigenvalue weighted by molar-refractivity contribution is 0.0744. The van der Waals surface area contributed by atoms with Crippen molar-refractivity contribution in [3.8, 4) is 6.07 Å². The van der Waals surface area contributed by atoms with Crippen molar-refractivity contribution in [3.05, 3.63) is 34.9 Å². The first kappa shape index (κ1) is 10.6. The average molecular weight is 197 g/mol. The van der Waals surface area contributed by atoms with Crippen LogP contribution in [0, 0.1) is 23.0 Å². The van der Waals surface area contributed by atoms with Crippen LogP contribution in [0.15, 0.2) is 12.1 Å². The van der Waals surface area contributed by atoms with Gasteiger partial charge in [0, 0.05) is 11.6 Å². The van der Waals surface area contributed by atoms with Crippen molar-refractivity contribution in [2.24, 2.45) is 0 Å². The lowest BCUT2D eigenvalue weighted by Crippen LogP contribution is -2.18. The Labute approximate surface area is 80.4 Å². The summed E-state index contributed by atoms with van der Waals surface area (Å²) in [6, 6.07) is 3.20. The molecule has 0 saturated heterocycles. The monoisotopic (exact) mass is 197 g/mol. The molecule has 4 heteroatoms. The van der Waals surface area contributed by atoms with Crippen LogP contribution in [-0.2, 0) is 5.60 Å². The van der Waals surface area contributed by atoms with Gasteiger partial charge in [0.25, 0.3) is 0 Å². The summed E-state index contributed by atoms with van der Waals surface area (Å²) in [5.41, 5.74) is -1.79. The fourth-order valence-corrected chi connectivity index (χ4v) is 1.10. The predicted octanol–water partition coefficient (Wildman–Crippen LogP) is 2.06. The molecule has 14 heavy (non-hydrogen) atoms. The summed E-state index contributed by atoms with van der Waals surface area (Å²) in [7, 11) is 0. The first-order valence-corrected chi connectivity index (χ1v) is 3.98. The van der Waals surface area contributed by atoms with Gasteiger partial charge in [-0.3, -0.25) is 0 Å². The predicted molar refractivity (Wildman–Crippen MR) is 46.3 cm³/mol. The minimum atomic E-state index is -1.43. The van der Waals surface area contributed by atoms with Crippen LogP contribution in [0.2, 0.25) is 0 Å². The number of aliphatic hydroxyl groups is 1. The van der Waals surface area contributed by atoms with E-state index in [4.69, 9.17) is 5.26 Å². The lowest BCUT2D eigenvalue weighted by Gasteiger charge is -2.18. The molecule has 0 aromatic heterocycles. The first-order valence-electron chi connectivity index (χ1n) is 3.98. The summed E-state index contributed by atoms with van der Waals surface area (Å²) < 4.78 is 26.0. The topological polar surface area (TPSA) is 44.0 Å². The van der Waals surface area contributed by atoms with Gasteiger partial charge in [0.15, 0.2) is 0 Å². The lowest BCUT2D eigenvalue weighted by atomic mass is 9.96. The van der Waals surface area contributed by atoms with Gasteiger partial charge in [0.05, 0.1) is 11.2 Å².